The normalized spacial score (nSPS) is 12.8. The van der Waals surface area contributed by atoms with E-state index in [9.17, 15) is 4.79 Å². The molecule has 0 fully saturated rings. The molecular formula is C14H22O. The number of hydrogen-bond acceptors (Lipinski definition) is 1. The minimum Gasteiger partial charge on any atom is -0.298 e. The summed E-state index contributed by atoms with van der Waals surface area (Å²) in [5, 5.41) is 0. The summed E-state index contributed by atoms with van der Waals surface area (Å²) in [7, 11) is 0. The van der Waals surface area contributed by atoms with Gasteiger partial charge in [-0.15, -0.1) is 0 Å². The van der Waals surface area contributed by atoms with Crippen molar-refractivity contribution in [1.29, 1.82) is 0 Å². The Labute approximate surface area is 93.6 Å². The predicted molar refractivity (Wildman–Crippen MR) is 66.9 cm³/mol. The van der Waals surface area contributed by atoms with Gasteiger partial charge in [-0.1, -0.05) is 56.6 Å². The summed E-state index contributed by atoms with van der Waals surface area (Å²) in [5.41, 5.74) is 0.782. The number of rotatable bonds is 8. The summed E-state index contributed by atoms with van der Waals surface area (Å²) < 4.78 is 0. The van der Waals surface area contributed by atoms with Crippen LogP contribution in [0.1, 0.15) is 46.0 Å². The van der Waals surface area contributed by atoms with Gasteiger partial charge in [-0.2, -0.15) is 0 Å². The highest BCUT2D eigenvalue weighted by Gasteiger charge is 1.89. The minimum atomic E-state index is 0.782. The van der Waals surface area contributed by atoms with Crippen molar-refractivity contribution in [3.63, 3.8) is 0 Å². The summed E-state index contributed by atoms with van der Waals surface area (Å²) in [6.45, 7) is 4.16. The van der Waals surface area contributed by atoms with E-state index in [4.69, 9.17) is 0 Å². The lowest BCUT2D eigenvalue weighted by atomic mass is 10.1. The van der Waals surface area contributed by atoms with Crippen LogP contribution in [0, 0.1) is 0 Å². The van der Waals surface area contributed by atoms with Gasteiger partial charge in [0.25, 0.3) is 0 Å². The van der Waals surface area contributed by atoms with Crippen LogP contribution < -0.4 is 0 Å². The molecule has 0 rings (SSSR count). The molecule has 0 aliphatic rings. The monoisotopic (exact) mass is 206 g/mol. The Kier molecular flexibility index (Phi) is 10.2. The number of carbonyl (C=O) groups excluding carboxylic acids is 1. The van der Waals surface area contributed by atoms with Crippen LogP contribution in [0.3, 0.4) is 0 Å². The summed E-state index contributed by atoms with van der Waals surface area (Å²) in [5.74, 6) is 0. The van der Waals surface area contributed by atoms with Crippen LogP contribution in [0.5, 0.6) is 0 Å². The molecule has 0 saturated heterocycles. The first-order chi connectivity index (χ1) is 7.35. The first-order valence-electron chi connectivity index (χ1n) is 5.79. The maximum atomic E-state index is 10.7. The molecule has 0 aromatic heterocycles. The number of aldehydes is 1. The van der Waals surface area contributed by atoms with E-state index in [1.165, 1.54) is 25.7 Å². The van der Waals surface area contributed by atoms with Crippen LogP contribution in [0.2, 0.25) is 0 Å². The van der Waals surface area contributed by atoms with Gasteiger partial charge in [0.1, 0.15) is 6.29 Å². The zero-order valence-corrected chi connectivity index (χ0v) is 9.91. The maximum Gasteiger partial charge on any atom is 0.149 e. The first kappa shape index (κ1) is 13.9. The fourth-order valence-electron chi connectivity index (χ4n) is 1.27. The molecule has 0 bridgehead atoms. The van der Waals surface area contributed by atoms with Crippen molar-refractivity contribution in [3.05, 3.63) is 36.0 Å². The average molecular weight is 206 g/mol. The van der Waals surface area contributed by atoms with Crippen molar-refractivity contribution in [2.75, 3.05) is 0 Å². The van der Waals surface area contributed by atoms with Crippen LogP contribution in [0.15, 0.2) is 36.0 Å². The van der Waals surface area contributed by atoms with Crippen molar-refractivity contribution < 1.29 is 4.79 Å². The smallest absolute Gasteiger partial charge is 0.149 e. The molecule has 0 aromatic carbocycles. The highest BCUT2D eigenvalue weighted by atomic mass is 16.1. The molecule has 0 spiro atoms. The van der Waals surface area contributed by atoms with Gasteiger partial charge < -0.3 is 0 Å². The van der Waals surface area contributed by atoms with E-state index >= 15 is 0 Å². The Bertz CT molecular complexity index is 234. The minimum absolute atomic E-state index is 0.782. The average Bonchev–Trinajstić information content (AvgIpc) is 2.26. The van der Waals surface area contributed by atoms with Crippen LogP contribution >= 0.6 is 0 Å². The van der Waals surface area contributed by atoms with E-state index in [2.05, 4.69) is 6.92 Å². The van der Waals surface area contributed by atoms with E-state index < -0.39 is 0 Å². The first-order valence-corrected chi connectivity index (χ1v) is 5.79. The Morgan fingerprint density at radius 2 is 1.93 bits per heavy atom. The number of unbranched alkanes of at least 4 members (excludes halogenated alkanes) is 4. The summed E-state index contributed by atoms with van der Waals surface area (Å²) in [6.07, 6.45) is 16.6. The molecule has 0 radical (unpaired) electrons. The van der Waals surface area contributed by atoms with Crippen LogP contribution in [0.4, 0.5) is 0 Å². The van der Waals surface area contributed by atoms with Gasteiger partial charge in [-0.05, 0) is 19.8 Å². The van der Waals surface area contributed by atoms with Crippen molar-refractivity contribution in [1.82, 2.24) is 0 Å². The molecule has 0 unspecified atom stereocenters. The molecule has 0 saturated carbocycles. The van der Waals surface area contributed by atoms with Crippen molar-refractivity contribution in [2.24, 2.45) is 0 Å². The Balaban J connectivity index is 3.84. The molecule has 0 amide bonds. The molecule has 0 heterocycles. The second-order valence-electron chi connectivity index (χ2n) is 3.56. The molecule has 0 N–H and O–H groups in total. The summed E-state index contributed by atoms with van der Waals surface area (Å²) in [6, 6.07) is 0. The predicted octanol–water partition coefficient (Wildman–Crippen LogP) is 4.21. The van der Waals surface area contributed by atoms with Crippen LogP contribution in [-0.4, -0.2) is 6.29 Å². The van der Waals surface area contributed by atoms with Crippen molar-refractivity contribution >= 4 is 6.29 Å². The third-order valence-electron chi connectivity index (χ3n) is 2.17. The zero-order valence-electron chi connectivity index (χ0n) is 9.91. The Morgan fingerprint density at radius 3 is 2.53 bits per heavy atom. The van der Waals surface area contributed by atoms with Gasteiger partial charge >= 0.3 is 0 Å². The summed E-state index contributed by atoms with van der Waals surface area (Å²) >= 11 is 0. The largest absolute Gasteiger partial charge is 0.298 e. The zero-order chi connectivity index (χ0) is 11.4. The molecule has 1 nitrogen and oxygen atoms in total. The van der Waals surface area contributed by atoms with Gasteiger partial charge in [-0.3, -0.25) is 4.79 Å². The van der Waals surface area contributed by atoms with Crippen LogP contribution in [-0.2, 0) is 4.79 Å². The van der Waals surface area contributed by atoms with E-state index in [0.717, 1.165) is 18.3 Å². The molecular weight excluding hydrogens is 184 g/mol. The molecule has 0 aliphatic carbocycles. The van der Waals surface area contributed by atoms with Gasteiger partial charge in [0.2, 0.25) is 0 Å². The SMILES string of the molecule is CC=CC=CC(C=O)=CCCCCCC. The summed E-state index contributed by atoms with van der Waals surface area (Å²) in [4.78, 5) is 10.7. The number of allylic oxidation sites excluding steroid dienone is 6. The van der Waals surface area contributed by atoms with E-state index in [-0.39, 0.29) is 0 Å². The number of carbonyl (C=O) groups is 1. The highest BCUT2D eigenvalue weighted by molar-refractivity contribution is 5.77. The quantitative estimate of drug-likeness (QED) is 0.251. The lowest BCUT2D eigenvalue weighted by molar-refractivity contribution is -0.104. The topological polar surface area (TPSA) is 17.1 Å². The standard InChI is InChI=1S/C14H22O/c1-3-5-7-8-10-12-14(13-15)11-9-6-4-2/h4,6,9,11-13H,3,5,7-8,10H2,1-2H3. The van der Waals surface area contributed by atoms with Gasteiger partial charge in [0.15, 0.2) is 0 Å². The third kappa shape index (κ3) is 9.20. The molecule has 84 valence electrons. The number of hydrogen-bond donors (Lipinski definition) is 0. The Morgan fingerprint density at radius 1 is 1.13 bits per heavy atom. The fraction of sp³-hybridized carbons (Fsp3) is 0.500. The Hall–Kier alpha value is -1.11. The molecule has 0 atom stereocenters. The molecule has 0 aliphatic heterocycles. The van der Waals surface area contributed by atoms with Gasteiger partial charge in [-0.25, -0.2) is 0 Å². The molecule has 0 aromatic rings. The highest BCUT2D eigenvalue weighted by Crippen LogP contribution is 2.05. The second kappa shape index (κ2) is 11.0. The maximum absolute atomic E-state index is 10.7. The van der Waals surface area contributed by atoms with Gasteiger partial charge in [0, 0.05) is 5.57 Å². The molecule has 15 heavy (non-hydrogen) atoms. The fourth-order valence-corrected chi connectivity index (χ4v) is 1.27. The van der Waals surface area contributed by atoms with Crippen molar-refractivity contribution in [2.45, 2.75) is 46.0 Å². The van der Waals surface area contributed by atoms with E-state index in [1.54, 1.807) is 0 Å². The van der Waals surface area contributed by atoms with E-state index in [0.29, 0.717) is 0 Å². The molecule has 1 heteroatoms. The lowest BCUT2D eigenvalue weighted by Gasteiger charge is -1.95. The van der Waals surface area contributed by atoms with Crippen molar-refractivity contribution in [3.8, 4) is 0 Å². The second-order valence-corrected chi connectivity index (χ2v) is 3.56. The third-order valence-corrected chi connectivity index (χ3v) is 2.17. The van der Waals surface area contributed by atoms with E-state index in [1.807, 2.05) is 37.3 Å². The van der Waals surface area contributed by atoms with Crippen LogP contribution in [0.25, 0.3) is 0 Å². The van der Waals surface area contributed by atoms with Gasteiger partial charge in [0.05, 0.1) is 0 Å². The lowest BCUT2D eigenvalue weighted by Crippen LogP contribution is -1.80.